The largest absolute Gasteiger partial charge is 0.349 e. The second kappa shape index (κ2) is 6.71. The molecule has 6 nitrogen and oxygen atoms in total. The van der Waals surface area contributed by atoms with Crippen LogP contribution in [0.4, 0.5) is 17.2 Å². The molecule has 2 heterocycles. The maximum Gasteiger partial charge on any atom is 0.327 e. The van der Waals surface area contributed by atoms with Gasteiger partial charge < -0.3 is 9.80 Å². The summed E-state index contributed by atoms with van der Waals surface area (Å²) in [6, 6.07) is 15.2. The van der Waals surface area contributed by atoms with E-state index in [0.29, 0.717) is 28.9 Å². The van der Waals surface area contributed by atoms with Crippen LogP contribution in [0.5, 0.6) is 0 Å². The monoisotopic (exact) mass is 378 g/mol. The fraction of sp³-hybridized carbons (Fsp3) is 0.100. The zero-order valence-electron chi connectivity index (χ0n) is 14.4. The van der Waals surface area contributed by atoms with Gasteiger partial charge in [0.2, 0.25) is 0 Å². The Morgan fingerprint density at radius 1 is 1.00 bits per heavy atom. The van der Waals surface area contributed by atoms with Crippen molar-refractivity contribution in [2.45, 2.75) is 0 Å². The van der Waals surface area contributed by atoms with Crippen molar-refractivity contribution >= 4 is 28.8 Å². The number of anilines is 3. The quantitative estimate of drug-likeness (QED) is 0.638. The summed E-state index contributed by atoms with van der Waals surface area (Å²) >= 11 is 6.48. The predicted octanol–water partition coefficient (Wildman–Crippen LogP) is 2.66. The molecule has 2 aromatic carbocycles. The number of benzene rings is 2. The molecule has 27 heavy (non-hydrogen) atoms. The molecular weight excluding hydrogens is 364 g/mol. The number of rotatable bonds is 1. The minimum absolute atomic E-state index is 0.396. The Hall–Kier alpha value is -3.43. The fourth-order valence-corrected chi connectivity index (χ4v) is 3.32. The van der Waals surface area contributed by atoms with Crippen molar-refractivity contribution in [3.63, 3.8) is 0 Å². The second-order valence-electron chi connectivity index (χ2n) is 6.16. The molecule has 7 heteroatoms. The molecule has 0 saturated heterocycles. The summed E-state index contributed by atoms with van der Waals surface area (Å²) in [6.07, 6.45) is 0. The van der Waals surface area contributed by atoms with Crippen LogP contribution in [0.25, 0.3) is 0 Å². The number of aromatic nitrogens is 2. The average Bonchev–Trinajstić information content (AvgIpc) is 2.97. The molecule has 134 valence electrons. The fourth-order valence-electron chi connectivity index (χ4n) is 3.04. The molecule has 2 N–H and O–H groups in total. The van der Waals surface area contributed by atoms with Gasteiger partial charge in [-0.1, -0.05) is 41.6 Å². The molecule has 1 aliphatic rings. The van der Waals surface area contributed by atoms with Crippen molar-refractivity contribution in [3.8, 4) is 11.8 Å². The molecule has 3 aromatic rings. The number of fused-ring (bicyclic) bond motifs is 1. The summed E-state index contributed by atoms with van der Waals surface area (Å²) in [5.41, 5.74) is 1.80. The zero-order chi connectivity index (χ0) is 19.0. The van der Waals surface area contributed by atoms with Gasteiger partial charge in [-0.05, 0) is 30.3 Å². The van der Waals surface area contributed by atoms with E-state index in [0.717, 1.165) is 11.1 Å². The van der Waals surface area contributed by atoms with Crippen molar-refractivity contribution in [1.82, 2.24) is 9.97 Å². The van der Waals surface area contributed by atoms with Crippen molar-refractivity contribution in [1.29, 1.82) is 0 Å². The molecule has 0 aliphatic carbocycles. The lowest BCUT2D eigenvalue weighted by atomic mass is 10.1. The van der Waals surface area contributed by atoms with Gasteiger partial charge in [-0.15, -0.1) is 0 Å². The molecule has 0 spiro atoms. The molecule has 0 amide bonds. The summed E-state index contributed by atoms with van der Waals surface area (Å²) in [6.45, 7) is 0.396. The Balaban J connectivity index is 1.71. The lowest BCUT2D eigenvalue weighted by molar-refractivity contribution is 0.941. The van der Waals surface area contributed by atoms with Crippen molar-refractivity contribution in [3.05, 3.63) is 85.5 Å². The smallest absolute Gasteiger partial charge is 0.327 e. The van der Waals surface area contributed by atoms with Gasteiger partial charge in [0.1, 0.15) is 11.5 Å². The Bertz CT molecular complexity index is 1190. The van der Waals surface area contributed by atoms with Gasteiger partial charge in [-0.3, -0.25) is 14.8 Å². The van der Waals surface area contributed by atoms with E-state index in [4.69, 9.17) is 11.6 Å². The molecule has 0 saturated carbocycles. The van der Waals surface area contributed by atoms with Crippen LogP contribution in [0.15, 0.2) is 58.1 Å². The third kappa shape index (κ3) is 3.21. The standard InChI is InChI=1S/C20H15ClN4O2/c1-24-12-25(18-17(24)19(26)23-20(27)22-18)16-10-9-14(11-15(16)21)8-7-13-5-3-2-4-6-13/h2-6,9-11H,12H2,1H3,(H2,22,23,26,27). The Kier molecular flexibility index (Phi) is 4.22. The van der Waals surface area contributed by atoms with Crippen LogP contribution in [0, 0.1) is 11.8 Å². The van der Waals surface area contributed by atoms with Gasteiger partial charge in [0.25, 0.3) is 5.56 Å². The van der Waals surface area contributed by atoms with Gasteiger partial charge in [0, 0.05) is 18.2 Å². The topological polar surface area (TPSA) is 72.2 Å². The maximum absolute atomic E-state index is 12.1. The van der Waals surface area contributed by atoms with E-state index in [1.54, 1.807) is 22.9 Å². The van der Waals surface area contributed by atoms with Gasteiger partial charge in [-0.2, -0.15) is 0 Å². The highest BCUT2D eigenvalue weighted by Crippen LogP contribution is 2.38. The lowest BCUT2D eigenvalue weighted by Gasteiger charge is -2.20. The highest BCUT2D eigenvalue weighted by atomic mass is 35.5. The predicted molar refractivity (Wildman–Crippen MR) is 107 cm³/mol. The summed E-state index contributed by atoms with van der Waals surface area (Å²) in [5, 5.41) is 0.484. The van der Waals surface area contributed by atoms with Crippen LogP contribution in [-0.4, -0.2) is 23.7 Å². The second-order valence-corrected chi connectivity index (χ2v) is 6.56. The maximum atomic E-state index is 12.1. The van der Waals surface area contributed by atoms with E-state index >= 15 is 0 Å². The summed E-state index contributed by atoms with van der Waals surface area (Å²) < 4.78 is 0. The molecule has 0 bridgehead atoms. The van der Waals surface area contributed by atoms with Crippen LogP contribution in [-0.2, 0) is 0 Å². The van der Waals surface area contributed by atoms with Crippen LogP contribution in [0.1, 0.15) is 11.1 Å². The highest BCUT2D eigenvalue weighted by molar-refractivity contribution is 6.33. The SMILES string of the molecule is CN1CN(c2ccc(C#Cc3ccccc3)cc2Cl)c2[nH]c(=O)[nH]c(=O)c21. The number of hydrogen-bond donors (Lipinski definition) is 2. The minimum Gasteiger partial charge on any atom is -0.349 e. The Labute approximate surface area is 160 Å². The van der Waals surface area contributed by atoms with Gasteiger partial charge in [-0.25, -0.2) is 4.79 Å². The van der Waals surface area contributed by atoms with E-state index in [1.165, 1.54) is 0 Å². The molecule has 1 aliphatic heterocycles. The Morgan fingerprint density at radius 2 is 1.74 bits per heavy atom. The first kappa shape index (κ1) is 17.0. The average molecular weight is 379 g/mol. The summed E-state index contributed by atoms with van der Waals surface area (Å²) in [7, 11) is 1.78. The first-order valence-corrected chi connectivity index (χ1v) is 8.62. The molecular formula is C20H15ClN4O2. The molecule has 1 aromatic heterocycles. The minimum atomic E-state index is -0.555. The normalized spacial score (nSPS) is 12.5. The molecule has 0 unspecified atom stereocenters. The highest BCUT2D eigenvalue weighted by Gasteiger charge is 2.29. The molecule has 0 fully saturated rings. The third-order valence-corrected chi connectivity index (χ3v) is 4.57. The number of halogens is 1. The van der Waals surface area contributed by atoms with Gasteiger partial charge >= 0.3 is 5.69 Å². The molecule has 0 atom stereocenters. The third-order valence-electron chi connectivity index (χ3n) is 4.27. The Morgan fingerprint density at radius 3 is 2.48 bits per heavy atom. The van der Waals surface area contributed by atoms with Gasteiger partial charge in [0.15, 0.2) is 0 Å². The number of H-pyrrole nitrogens is 2. The summed E-state index contributed by atoms with van der Waals surface area (Å²) in [4.78, 5) is 32.2. The van der Waals surface area contributed by atoms with Crippen LogP contribution in [0.2, 0.25) is 5.02 Å². The molecule has 4 rings (SSSR count). The number of nitrogens with zero attached hydrogens (tertiary/aromatic N) is 2. The van der Waals surface area contributed by atoms with Crippen molar-refractivity contribution in [2.75, 3.05) is 23.5 Å². The van der Waals surface area contributed by atoms with E-state index in [1.807, 2.05) is 42.5 Å². The van der Waals surface area contributed by atoms with E-state index in [2.05, 4.69) is 21.8 Å². The van der Waals surface area contributed by atoms with Crippen LogP contribution >= 0.6 is 11.6 Å². The number of aromatic amines is 2. The van der Waals surface area contributed by atoms with E-state index in [-0.39, 0.29) is 0 Å². The van der Waals surface area contributed by atoms with Crippen LogP contribution < -0.4 is 21.0 Å². The van der Waals surface area contributed by atoms with Crippen LogP contribution in [0.3, 0.4) is 0 Å². The summed E-state index contributed by atoms with van der Waals surface area (Å²) in [5.74, 6) is 6.61. The first-order valence-electron chi connectivity index (χ1n) is 8.25. The lowest BCUT2D eigenvalue weighted by Crippen LogP contribution is -2.27. The number of nitrogens with one attached hydrogen (secondary N) is 2. The van der Waals surface area contributed by atoms with E-state index in [9.17, 15) is 9.59 Å². The molecule has 0 radical (unpaired) electrons. The van der Waals surface area contributed by atoms with Crippen molar-refractivity contribution in [2.24, 2.45) is 0 Å². The first-order chi connectivity index (χ1) is 13.0. The van der Waals surface area contributed by atoms with E-state index < -0.39 is 11.2 Å². The van der Waals surface area contributed by atoms with Gasteiger partial charge in [0.05, 0.1) is 17.4 Å². The number of hydrogen-bond acceptors (Lipinski definition) is 4. The van der Waals surface area contributed by atoms with Crippen molar-refractivity contribution < 1.29 is 0 Å². The zero-order valence-corrected chi connectivity index (χ0v) is 15.2.